The maximum atomic E-state index is 5.12. The molecule has 7 aromatic rings. The lowest BCUT2D eigenvalue weighted by Crippen LogP contribution is -2.02. The predicted octanol–water partition coefficient (Wildman–Crippen LogP) is 11.5. The number of nitrogens with zero attached hydrogens (tertiary/aromatic N) is 4. The molecule has 6 aromatic carbocycles. The van der Waals surface area contributed by atoms with E-state index >= 15 is 0 Å². The summed E-state index contributed by atoms with van der Waals surface area (Å²) in [5.41, 5.74) is 16.4. The van der Waals surface area contributed by atoms with E-state index in [1.54, 1.807) is 11.5 Å². The highest BCUT2D eigenvalue weighted by Gasteiger charge is 2.26. The van der Waals surface area contributed by atoms with Crippen LogP contribution in [0, 0.1) is 0 Å². The summed E-state index contributed by atoms with van der Waals surface area (Å²) in [4.78, 5) is 1.19. The molecule has 0 atom stereocenters. The van der Waals surface area contributed by atoms with Gasteiger partial charge in [-0.2, -0.15) is 4.37 Å². The van der Waals surface area contributed by atoms with Gasteiger partial charge >= 0.3 is 0 Å². The second-order valence-corrected chi connectivity index (χ2v) is 13.5. The van der Waals surface area contributed by atoms with Crippen LogP contribution in [0.5, 0.6) is 0 Å². The molecule has 0 spiro atoms. The molecule has 0 N–H and O–H groups in total. The van der Waals surface area contributed by atoms with E-state index in [4.69, 9.17) is 9.47 Å². The second kappa shape index (κ2) is 11.7. The van der Waals surface area contributed by atoms with E-state index in [-0.39, 0.29) is 0 Å². The van der Waals surface area contributed by atoms with Gasteiger partial charge in [0.1, 0.15) is 11.4 Å². The van der Waals surface area contributed by atoms with Gasteiger partial charge in [-0.3, -0.25) is 0 Å². The van der Waals surface area contributed by atoms with Gasteiger partial charge in [0.05, 0.1) is 10.6 Å². The smallest absolute Gasteiger partial charge is 0.105 e. The van der Waals surface area contributed by atoms with Gasteiger partial charge < -0.3 is 0 Å². The van der Waals surface area contributed by atoms with Gasteiger partial charge in [-0.15, -0.1) is 10.2 Å². The van der Waals surface area contributed by atoms with E-state index < -0.39 is 0 Å². The van der Waals surface area contributed by atoms with Crippen LogP contribution in [0.1, 0.15) is 11.1 Å². The molecule has 0 saturated heterocycles. The number of aromatic nitrogens is 4. The standard InChI is InChI=1S/C45H28N4S/c1-3-13-28(14-4-1)31-18-9-11-21-36(31)43-44(29-15-5-2-6-16-29)46-49-47-45(43)37-22-12-10-20-35(37)41-26-40-34-24-23-33-32-19-8-7-17-30(32)25-38(33)39(34)27-42(40)50-48-41/h1-24,26-27H,25H2. The van der Waals surface area contributed by atoms with Crippen molar-refractivity contribution in [2.45, 2.75) is 6.42 Å². The van der Waals surface area contributed by atoms with Gasteiger partial charge in [-0.05, 0) is 85.0 Å². The number of hydrogen-bond donors (Lipinski definition) is 0. The average molecular weight is 657 g/mol. The van der Waals surface area contributed by atoms with Gasteiger partial charge in [-0.25, -0.2) is 0 Å². The van der Waals surface area contributed by atoms with Crippen LogP contribution >= 0.6 is 11.5 Å². The highest BCUT2D eigenvalue weighted by molar-refractivity contribution is 7.09. The second-order valence-electron chi connectivity index (χ2n) is 12.7. The first-order valence-electron chi connectivity index (χ1n) is 16.8. The van der Waals surface area contributed by atoms with E-state index in [0.29, 0.717) is 0 Å². The Labute approximate surface area is 293 Å². The molecule has 0 saturated carbocycles. The van der Waals surface area contributed by atoms with Crippen LogP contribution in [0.4, 0.5) is 0 Å². The molecule has 1 aliphatic heterocycles. The SMILES string of the molecule is c1ccc(-c2ccccc2-c2c(-c3ccccc3)nnnc2-c2ccccc2-c2cc3c4ccc5c(c4cc-3sn2)Cc2ccccc2-5)cc1. The Balaban J connectivity index is 1.18. The van der Waals surface area contributed by atoms with Crippen molar-refractivity contribution >= 4 is 22.3 Å². The van der Waals surface area contributed by atoms with Crippen LogP contribution in [-0.4, -0.2) is 19.8 Å². The van der Waals surface area contributed by atoms with Crippen LogP contribution in [-0.2, 0) is 6.42 Å². The van der Waals surface area contributed by atoms with Crippen LogP contribution in [0.3, 0.4) is 0 Å². The minimum Gasteiger partial charge on any atom is -0.192 e. The largest absolute Gasteiger partial charge is 0.192 e. The molecule has 4 nitrogen and oxygen atoms in total. The van der Waals surface area contributed by atoms with Crippen molar-refractivity contribution in [3.8, 4) is 77.6 Å². The molecular formula is C45H28N4S. The molecule has 0 unspecified atom stereocenters. The Kier molecular flexibility index (Phi) is 6.71. The Morgan fingerprint density at radius 3 is 1.88 bits per heavy atom. The number of rotatable bonds is 5. The fraction of sp³-hybridized carbons (Fsp3) is 0.0222. The van der Waals surface area contributed by atoms with E-state index in [1.165, 1.54) is 43.5 Å². The molecule has 2 aliphatic carbocycles. The highest BCUT2D eigenvalue weighted by Crippen LogP contribution is 2.48. The van der Waals surface area contributed by atoms with Crippen molar-refractivity contribution in [2.75, 3.05) is 0 Å². The fourth-order valence-corrected chi connectivity index (χ4v) is 8.42. The fourth-order valence-electron chi connectivity index (χ4n) is 7.64. The lowest BCUT2D eigenvalue weighted by atomic mass is 9.88. The molecule has 0 amide bonds. The summed E-state index contributed by atoms with van der Waals surface area (Å²) in [7, 11) is 0. The minimum atomic E-state index is 0.771. The molecule has 5 heteroatoms. The van der Waals surface area contributed by atoms with E-state index in [2.05, 4.69) is 144 Å². The van der Waals surface area contributed by atoms with E-state index in [9.17, 15) is 0 Å². The van der Waals surface area contributed by atoms with Gasteiger partial charge in [0, 0.05) is 27.8 Å². The summed E-state index contributed by atoms with van der Waals surface area (Å²) in [5, 5.41) is 16.5. The van der Waals surface area contributed by atoms with Crippen molar-refractivity contribution in [1.82, 2.24) is 19.8 Å². The van der Waals surface area contributed by atoms with Gasteiger partial charge in [0.2, 0.25) is 0 Å². The molecule has 3 aliphatic rings. The predicted molar refractivity (Wildman–Crippen MR) is 205 cm³/mol. The van der Waals surface area contributed by atoms with Crippen molar-refractivity contribution in [3.05, 3.63) is 169 Å². The van der Waals surface area contributed by atoms with Crippen molar-refractivity contribution in [2.24, 2.45) is 0 Å². The van der Waals surface area contributed by atoms with Crippen LogP contribution in [0.25, 0.3) is 88.4 Å². The van der Waals surface area contributed by atoms with Crippen LogP contribution in [0.15, 0.2) is 158 Å². The molecule has 0 fully saturated rings. The van der Waals surface area contributed by atoms with Crippen LogP contribution in [0.2, 0.25) is 0 Å². The molecule has 1 aromatic heterocycles. The Morgan fingerprint density at radius 2 is 1.08 bits per heavy atom. The topological polar surface area (TPSA) is 51.6 Å². The van der Waals surface area contributed by atoms with Crippen molar-refractivity contribution < 1.29 is 0 Å². The Morgan fingerprint density at radius 1 is 0.440 bits per heavy atom. The lowest BCUT2D eigenvalue weighted by Gasteiger charge is -2.18. The first-order valence-corrected chi connectivity index (χ1v) is 17.6. The van der Waals surface area contributed by atoms with Crippen molar-refractivity contribution in [1.29, 1.82) is 0 Å². The van der Waals surface area contributed by atoms with E-state index in [0.717, 1.165) is 62.4 Å². The zero-order valence-corrected chi connectivity index (χ0v) is 27.7. The van der Waals surface area contributed by atoms with E-state index in [1.807, 2.05) is 24.3 Å². The lowest BCUT2D eigenvalue weighted by molar-refractivity contribution is 0.879. The summed E-state index contributed by atoms with van der Waals surface area (Å²) in [6.45, 7) is 0. The average Bonchev–Trinajstić information content (AvgIpc) is 3.77. The summed E-state index contributed by atoms with van der Waals surface area (Å²) < 4.78 is 5.12. The maximum Gasteiger partial charge on any atom is 0.105 e. The van der Waals surface area contributed by atoms with Gasteiger partial charge in [0.15, 0.2) is 0 Å². The molecule has 234 valence electrons. The zero-order valence-electron chi connectivity index (χ0n) is 26.9. The normalized spacial score (nSPS) is 11.9. The summed E-state index contributed by atoms with van der Waals surface area (Å²) in [6, 6.07) is 55.6. The zero-order chi connectivity index (χ0) is 33.0. The van der Waals surface area contributed by atoms with Gasteiger partial charge in [0.25, 0.3) is 0 Å². The molecular weight excluding hydrogens is 629 g/mol. The van der Waals surface area contributed by atoms with Crippen molar-refractivity contribution in [3.63, 3.8) is 0 Å². The molecule has 0 radical (unpaired) electrons. The molecule has 50 heavy (non-hydrogen) atoms. The molecule has 10 rings (SSSR count). The number of fused-ring (bicyclic) bond motifs is 7. The van der Waals surface area contributed by atoms with Crippen LogP contribution < -0.4 is 0 Å². The third-order valence-corrected chi connectivity index (χ3v) is 10.8. The monoisotopic (exact) mass is 656 g/mol. The first kappa shape index (κ1) is 28.7. The molecule has 0 bridgehead atoms. The summed E-state index contributed by atoms with van der Waals surface area (Å²) in [5.74, 6) is 0. The van der Waals surface area contributed by atoms with Gasteiger partial charge in [-0.1, -0.05) is 146 Å². The summed E-state index contributed by atoms with van der Waals surface area (Å²) in [6.07, 6.45) is 0.963. The minimum absolute atomic E-state index is 0.771. The first-order chi connectivity index (χ1) is 24.8. The maximum absolute atomic E-state index is 5.12. The molecule has 2 heterocycles. The number of benzene rings is 6. The number of hydrogen-bond acceptors (Lipinski definition) is 5. The Bertz CT molecular complexity index is 2680. The Hall–Kier alpha value is -6.30. The third-order valence-electron chi connectivity index (χ3n) is 9.94. The quantitative estimate of drug-likeness (QED) is 0.185. The third kappa shape index (κ3) is 4.59. The highest BCUT2D eigenvalue weighted by atomic mass is 32.1. The summed E-state index contributed by atoms with van der Waals surface area (Å²) >= 11 is 1.56.